The first-order chi connectivity index (χ1) is 13.7. The van der Waals surface area contributed by atoms with Crippen LogP contribution in [0, 0.1) is 0 Å². The molecule has 1 aromatic heterocycles. The van der Waals surface area contributed by atoms with Crippen molar-refractivity contribution in [1.29, 1.82) is 0 Å². The van der Waals surface area contributed by atoms with Crippen LogP contribution < -0.4 is 9.54 Å². The number of nitrogens with zero attached hydrogens (tertiary/aromatic N) is 2. The minimum atomic E-state index is -0.105. The molecule has 0 aliphatic heterocycles. The summed E-state index contributed by atoms with van der Waals surface area (Å²) < 4.78 is 13.9. The lowest BCUT2D eigenvalue weighted by atomic mass is 10.3. The van der Waals surface area contributed by atoms with Gasteiger partial charge in [-0.1, -0.05) is 29.5 Å². The summed E-state index contributed by atoms with van der Waals surface area (Å²) in [5.41, 5.74) is 1.04. The number of fused-ring (bicyclic) bond motifs is 1. The molecule has 1 amide bonds. The van der Waals surface area contributed by atoms with Gasteiger partial charge < -0.3 is 14.0 Å². The zero-order chi connectivity index (χ0) is 19.8. The minimum Gasteiger partial charge on any atom is -0.494 e. The van der Waals surface area contributed by atoms with E-state index >= 15 is 0 Å². The summed E-state index contributed by atoms with van der Waals surface area (Å²) in [4.78, 5) is 18.7. The third-order valence-electron chi connectivity index (χ3n) is 4.03. The Balaban J connectivity index is 1.79. The number of carbonyl (C=O) groups excluding carboxylic acids is 1. The third-order valence-corrected chi connectivity index (χ3v) is 6.09. The second kappa shape index (κ2) is 10.5. The SMILES string of the molecule is CCOc1ccc2c(c1)sc(=NC(=O)CCSc1ccccc1)n2CCOC. The second-order valence-electron chi connectivity index (χ2n) is 6.01. The van der Waals surface area contributed by atoms with E-state index in [1.807, 2.05) is 60.0 Å². The van der Waals surface area contributed by atoms with Gasteiger partial charge in [0.2, 0.25) is 5.91 Å². The number of benzene rings is 2. The molecule has 7 heteroatoms. The third kappa shape index (κ3) is 5.47. The fraction of sp³-hybridized carbons (Fsp3) is 0.333. The van der Waals surface area contributed by atoms with Crippen LogP contribution in [0.4, 0.5) is 0 Å². The maximum Gasteiger partial charge on any atom is 0.249 e. The lowest BCUT2D eigenvalue weighted by Gasteiger charge is -2.06. The molecule has 5 nitrogen and oxygen atoms in total. The van der Waals surface area contributed by atoms with Crippen molar-refractivity contribution in [2.75, 3.05) is 26.1 Å². The Bertz CT molecular complexity index is 980. The highest BCUT2D eigenvalue weighted by molar-refractivity contribution is 7.99. The molecule has 0 fully saturated rings. The highest BCUT2D eigenvalue weighted by atomic mass is 32.2. The molecule has 0 radical (unpaired) electrons. The summed E-state index contributed by atoms with van der Waals surface area (Å²) in [6.45, 7) is 3.79. The van der Waals surface area contributed by atoms with E-state index in [-0.39, 0.29) is 5.91 Å². The monoisotopic (exact) mass is 416 g/mol. The quantitative estimate of drug-likeness (QED) is 0.487. The zero-order valence-corrected chi connectivity index (χ0v) is 17.7. The molecule has 0 spiro atoms. The van der Waals surface area contributed by atoms with Crippen LogP contribution in [0.15, 0.2) is 58.4 Å². The molecular formula is C21H24N2O3S2. The van der Waals surface area contributed by atoms with Crippen molar-refractivity contribution in [2.45, 2.75) is 24.8 Å². The molecule has 28 heavy (non-hydrogen) atoms. The average molecular weight is 417 g/mol. The predicted molar refractivity (Wildman–Crippen MR) is 115 cm³/mol. The van der Waals surface area contributed by atoms with Crippen LogP contribution in [0.1, 0.15) is 13.3 Å². The number of amides is 1. The van der Waals surface area contributed by atoms with E-state index in [0.29, 0.717) is 36.7 Å². The van der Waals surface area contributed by atoms with Crippen molar-refractivity contribution in [3.63, 3.8) is 0 Å². The van der Waals surface area contributed by atoms with E-state index in [0.717, 1.165) is 20.9 Å². The van der Waals surface area contributed by atoms with Gasteiger partial charge in [-0.3, -0.25) is 4.79 Å². The van der Waals surface area contributed by atoms with Crippen LogP contribution >= 0.6 is 23.1 Å². The molecule has 0 unspecified atom stereocenters. The fourth-order valence-electron chi connectivity index (χ4n) is 2.73. The van der Waals surface area contributed by atoms with Gasteiger partial charge in [-0.2, -0.15) is 4.99 Å². The van der Waals surface area contributed by atoms with E-state index < -0.39 is 0 Å². The Hall–Kier alpha value is -2.09. The van der Waals surface area contributed by atoms with Crippen LogP contribution in [0.2, 0.25) is 0 Å². The molecule has 0 atom stereocenters. The first kappa shape index (κ1) is 20.6. The van der Waals surface area contributed by atoms with Gasteiger partial charge in [0, 0.05) is 30.7 Å². The first-order valence-corrected chi connectivity index (χ1v) is 11.0. The van der Waals surface area contributed by atoms with Crippen LogP contribution in [0.25, 0.3) is 10.2 Å². The van der Waals surface area contributed by atoms with Crippen molar-refractivity contribution in [3.8, 4) is 5.75 Å². The highest BCUT2D eigenvalue weighted by Gasteiger charge is 2.09. The number of hydrogen-bond donors (Lipinski definition) is 0. The number of methoxy groups -OCH3 is 1. The highest BCUT2D eigenvalue weighted by Crippen LogP contribution is 2.23. The Morgan fingerprint density at radius 3 is 2.79 bits per heavy atom. The molecule has 0 aliphatic rings. The van der Waals surface area contributed by atoms with Gasteiger partial charge in [-0.15, -0.1) is 11.8 Å². The Kier molecular flexibility index (Phi) is 7.71. The molecule has 3 aromatic rings. The van der Waals surface area contributed by atoms with E-state index in [4.69, 9.17) is 9.47 Å². The minimum absolute atomic E-state index is 0.105. The topological polar surface area (TPSA) is 52.8 Å². The van der Waals surface area contributed by atoms with E-state index in [1.54, 1.807) is 18.9 Å². The van der Waals surface area contributed by atoms with E-state index in [2.05, 4.69) is 4.99 Å². The molecule has 3 rings (SSSR count). The molecule has 2 aromatic carbocycles. The number of rotatable bonds is 9. The van der Waals surface area contributed by atoms with Crippen LogP contribution in [-0.2, 0) is 16.1 Å². The number of aromatic nitrogens is 1. The normalized spacial score (nSPS) is 11.9. The summed E-state index contributed by atoms with van der Waals surface area (Å²) in [6.07, 6.45) is 0.405. The van der Waals surface area contributed by atoms with Gasteiger partial charge in [-0.25, -0.2) is 0 Å². The molecular weight excluding hydrogens is 392 g/mol. The number of carbonyl (C=O) groups is 1. The summed E-state index contributed by atoms with van der Waals surface area (Å²) >= 11 is 3.17. The van der Waals surface area contributed by atoms with E-state index in [9.17, 15) is 4.79 Å². The van der Waals surface area contributed by atoms with Crippen molar-refractivity contribution in [2.24, 2.45) is 4.99 Å². The largest absolute Gasteiger partial charge is 0.494 e. The molecule has 148 valence electrons. The Labute approximate surface area is 173 Å². The van der Waals surface area contributed by atoms with Gasteiger partial charge in [-0.05, 0) is 37.3 Å². The van der Waals surface area contributed by atoms with Gasteiger partial charge >= 0.3 is 0 Å². The van der Waals surface area contributed by atoms with Gasteiger partial charge in [0.1, 0.15) is 5.75 Å². The number of hydrogen-bond acceptors (Lipinski definition) is 5. The van der Waals surface area contributed by atoms with Crippen LogP contribution in [0.3, 0.4) is 0 Å². The van der Waals surface area contributed by atoms with Crippen molar-refractivity contribution in [1.82, 2.24) is 4.57 Å². The van der Waals surface area contributed by atoms with Crippen molar-refractivity contribution in [3.05, 3.63) is 53.3 Å². The van der Waals surface area contributed by atoms with Crippen LogP contribution in [-0.4, -0.2) is 36.6 Å². The lowest BCUT2D eigenvalue weighted by molar-refractivity contribution is -0.117. The molecule has 0 aliphatic carbocycles. The first-order valence-electron chi connectivity index (χ1n) is 9.21. The zero-order valence-electron chi connectivity index (χ0n) is 16.1. The predicted octanol–water partition coefficient (Wildman–Crippen LogP) is 4.36. The Morgan fingerprint density at radius 1 is 1.21 bits per heavy atom. The maximum absolute atomic E-state index is 12.4. The van der Waals surface area contributed by atoms with Gasteiger partial charge in [0.05, 0.1) is 23.4 Å². The second-order valence-corrected chi connectivity index (χ2v) is 8.19. The van der Waals surface area contributed by atoms with Gasteiger partial charge in [0.25, 0.3) is 0 Å². The molecule has 1 heterocycles. The molecule has 0 bridgehead atoms. The number of ether oxygens (including phenoxy) is 2. The number of thioether (sulfide) groups is 1. The summed E-state index contributed by atoms with van der Waals surface area (Å²) in [5.74, 6) is 1.43. The molecule has 0 N–H and O–H groups in total. The van der Waals surface area contributed by atoms with Crippen molar-refractivity contribution < 1.29 is 14.3 Å². The lowest BCUT2D eigenvalue weighted by Crippen LogP contribution is -2.19. The van der Waals surface area contributed by atoms with Crippen LogP contribution in [0.5, 0.6) is 5.75 Å². The summed E-state index contributed by atoms with van der Waals surface area (Å²) in [5, 5.41) is 0. The smallest absolute Gasteiger partial charge is 0.249 e. The Morgan fingerprint density at radius 2 is 2.04 bits per heavy atom. The van der Waals surface area contributed by atoms with Gasteiger partial charge in [0.15, 0.2) is 4.80 Å². The fourth-order valence-corrected chi connectivity index (χ4v) is 4.69. The summed E-state index contributed by atoms with van der Waals surface area (Å²) in [7, 11) is 1.67. The standard InChI is InChI=1S/C21H24N2O3S2/c1-3-26-16-9-10-18-19(15-16)28-21(23(18)12-13-25-2)22-20(24)11-14-27-17-7-5-4-6-8-17/h4-10,15H,3,11-14H2,1-2H3. The van der Waals surface area contributed by atoms with Crippen molar-refractivity contribution >= 4 is 39.2 Å². The average Bonchev–Trinajstić information content (AvgIpc) is 3.03. The maximum atomic E-state index is 12.4. The molecule has 0 saturated heterocycles. The number of thiazole rings is 1. The summed E-state index contributed by atoms with van der Waals surface area (Å²) in [6, 6.07) is 16.1. The van der Waals surface area contributed by atoms with E-state index in [1.165, 1.54) is 11.3 Å². The molecule has 0 saturated carbocycles.